The van der Waals surface area contributed by atoms with Crippen LogP contribution < -0.4 is 5.32 Å². The summed E-state index contributed by atoms with van der Waals surface area (Å²) in [5.41, 5.74) is 0.639. The third kappa shape index (κ3) is 2.83. The molecule has 22 heavy (non-hydrogen) atoms. The molecular formula is C13H14F3N5O. The number of halogens is 3. The van der Waals surface area contributed by atoms with Gasteiger partial charge in [-0.1, -0.05) is 6.07 Å². The maximum Gasteiger partial charge on any atom is 0.405 e. The number of carbonyl (C=O) groups is 1. The van der Waals surface area contributed by atoms with E-state index in [1.54, 1.807) is 16.7 Å². The molecule has 6 nitrogen and oxygen atoms in total. The average molecular weight is 313 g/mol. The van der Waals surface area contributed by atoms with Crippen molar-refractivity contribution >= 4 is 11.7 Å². The van der Waals surface area contributed by atoms with Crippen LogP contribution >= 0.6 is 0 Å². The zero-order valence-corrected chi connectivity index (χ0v) is 11.5. The number of fused-ring (bicyclic) bond motifs is 1. The fraction of sp³-hybridized carbons (Fsp3) is 0.462. The number of nitrogens with zero attached hydrogens (tertiary/aromatic N) is 4. The molecule has 2 amide bonds. The number of hydrogen-bond donors (Lipinski definition) is 1. The number of hydrogen-bond acceptors (Lipinski definition) is 3. The summed E-state index contributed by atoms with van der Waals surface area (Å²) >= 11 is 0. The van der Waals surface area contributed by atoms with Crippen LogP contribution in [0.15, 0.2) is 24.4 Å². The fourth-order valence-electron chi connectivity index (χ4n) is 2.64. The van der Waals surface area contributed by atoms with E-state index in [4.69, 9.17) is 0 Å². The number of alkyl halides is 3. The first-order valence-corrected chi connectivity index (χ1v) is 6.86. The van der Waals surface area contributed by atoms with Crippen molar-refractivity contribution in [2.45, 2.75) is 25.1 Å². The molecule has 1 unspecified atom stereocenters. The summed E-state index contributed by atoms with van der Waals surface area (Å²) < 4.78 is 38.4. The van der Waals surface area contributed by atoms with E-state index >= 15 is 0 Å². The van der Waals surface area contributed by atoms with Gasteiger partial charge in [-0.15, -0.1) is 10.2 Å². The van der Waals surface area contributed by atoms with Crippen molar-refractivity contribution in [3.8, 4) is 0 Å². The van der Waals surface area contributed by atoms with Gasteiger partial charge >= 0.3 is 12.2 Å². The molecule has 2 aromatic rings. The molecule has 1 aliphatic heterocycles. The molecule has 0 bridgehead atoms. The van der Waals surface area contributed by atoms with Crippen LogP contribution in [-0.4, -0.2) is 44.8 Å². The van der Waals surface area contributed by atoms with Gasteiger partial charge in [0.1, 0.15) is 6.54 Å². The third-order valence-electron chi connectivity index (χ3n) is 3.59. The Hall–Kier alpha value is -2.32. The van der Waals surface area contributed by atoms with Crippen LogP contribution in [0, 0.1) is 0 Å². The smallest absolute Gasteiger partial charge is 0.329 e. The summed E-state index contributed by atoms with van der Waals surface area (Å²) in [5.74, 6) is 0.565. The van der Waals surface area contributed by atoms with Crippen LogP contribution in [0.4, 0.5) is 18.0 Å². The Labute approximate surface area is 123 Å². The molecule has 3 rings (SSSR count). The quantitative estimate of drug-likeness (QED) is 0.924. The molecule has 0 radical (unpaired) electrons. The van der Waals surface area contributed by atoms with E-state index in [-0.39, 0.29) is 6.04 Å². The molecule has 1 aliphatic rings. The maximum atomic E-state index is 12.2. The molecule has 0 aromatic carbocycles. The highest BCUT2D eigenvalue weighted by Gasteiger charge is 2.35. The molecule has 3 heterocycles. The zero-order chi connectivity index (χ0) is 15.7. The predicted octanol–water partition coefficient (Wildman–Crippen LogP) is 2.14. The summed E-state index contributed by atoms with van der Waals surface area (Å²) in [5, 5.41) is 10.0. The van der Waals surface area contributed by atoms with Crippen molar-refractivity contribution in [2.75, 3.05) is 13.1 Å². The molecule has 9 heteroatoms. The Morgan fingerprint density at radius 3 is 2.95 bits per heavy atom. The Kier molecular flexibility index (Phi) is 3.63. The first-order valence-electron chi connectivity index (χ1n) is 6.86. The van der Waals surface area contributed by atoms with E-state index < -0.39 is 18.8 Å². The van der Waals surface area contributed by atoms with Crippen LogP contribution in [0.3, 0.4) is 0 Å². The minimum atomic E-state index is -4.42. The molecule has 1 atom stereocenters. The summed E-state index contributed by atoms with van der Waals surface area (Å²) in [6, 6.07) is 4.30. The molecule has 1 fully saturated rings. The monoisotopic (exact) mass is 313 g/mol. The van der Waals surface area contributed by atoms with Gasteiger partial charge in [0.05, 0.1) is 6.04 Å². The number of rotatable bonds is 2. The minimum Gasteiger partial charge on any atom is -0.329 e. The van der Waals surface area contributed by atoms with E-state index in [0.29, 0.717) is 30.9 Å². The fourth-order valence-corrected chi connectivity index (χ4v) is 2.64. The first kappa shape index (κ1) is 14.6. The standard InChI is InChI=1S/C13H14F3N5O/c14-13(15,16)8-17-12(22)20-7-3-4-9(20)11-19-18-10-5-1-2-6-21(10)11/h1-2,5-6,9H,3-4,7-8H2,(H,17,22). The molecule has 118 valence electrons. The van der Waals surface area contributed by atoms with Gasteiger partial charge in [0.2, 0.25) is 0 Å². The van der Waals surface area contributed by atoms with Crippen molar-refractivity contribution in [3.05, 3.63) is 30.2 Å². The largest absolute Gasteiger partial charge is 0.405 e. The van der Waals surface area contributed by atoms with Gasteiger partial charge in [-0.05, 0) is 25.0 Å². The van der Waals surface area contributed by atoms with Crippen molar-refractivity contribution < 1.29 is 18.0 Å². The molecule has 0 aliphatic carbocycles. The molecule has 1 N–H and O–H groups in total. The minimum absolute atomic E-state index is 0.370. The topological polar surface area (TPSA) is 62.5 Å². The number of likely N-dealkylation sites (tertiary alicyclic amines) is 1. The molecule has 1 saturated heterocycles. The van der Waals surface area contributed by atoms with Gasteiger partial charge in [-0.25, -0.2) is 4.79 Å². The van der Waals surface area contributed by atoms with Gasteiger partial charge in [0.15, 0.2) is 11.5 Å². The number of carbonyl (C=O) groups excluding carboxylic acids is 1. The lowest BCUT2D eigenvalue weighted by Gasteiger charge is -2.24. The second-order valence-corrected chi connectivity index (χ2v) is 5.11. The third-order valence-corrected chi connectivity index (χ3v) is 3.59. The normalized spacial score (nSPS) is 18.9. The van der Waals surface area contributed by atoms with Gasteiger partial charge in [0, 0.05) is 12.7 Å². The Bertz CT molecular complexity index is 684. The zero-order valence-electron chi connectivity index (χ0n) is 11.5. The average Bonchev–Trinajstić information content (AvgIpc) is 3.09. The van der Waals surface area contributed by atoms with Gasteiger partial charge < -0.3 is 10.2 Å². The van der Waals surface area contributed by atoms with E-state index in [9.17, 15) is 18.0 Å². The highest BCUT2D eigenvalue weighted by Crippen LogP contribution is 2.31. The van der Waals surface area contributed by atoms with Crippen molar-refractivity contribution in [1.82, 2.24) is 24.8 Å². The highest BCUT2D eigenvalue weighted by atomic mass is 19.4. The van der Waals surface area contributed by atoms with E-state index in [0.717, 1.165) is 0 Å². The van der Waals surface area contributed by atoms with Crippen LogP contribution in [0.5, 0.6) is 0 Å². The summed E-state index contributed by atoms with van der Waals surface area (Å²) in [7, 11) is 0. The highest BCUT2D eigenvalue weighted by molar-refractivity contribution is 5.75. The lowest BCUT2D eigenvalue weighted by Crippen LogP contribution is -2.43. The predicted molar refractivity (Wildman–Crippen MR) is 71.1 cm³/mol. The maximum absolute atomic E-state index is 12.2. The summed E-state index contributed by atoms with van der Waals surface area (Å²) in [6.07, 6.45) is -1.29. The summed E-state index contributed by atoms with van der Waals surface area (Å²) in [4.78, 5) is 13.4. The van der Waals surface area contributed by atoms with Crippen LogP contribution in [0.2, 0.25) is 0 Å². The number of aromatic nitrogens is 3. The number of nitrogens with one attached hydrogen (secondary N) is 1. The summed E-state index contributed by atoms with van der Waals surface area (Å²) in [6.45, 7) is -0.939. The Balaban J connectivity index is 1.80. The first-order chi connectivity index (χ1) is 10.5. The number of urea groups is 1. The Morgan fingerprint density at radius 2 is 2.18 bits per heavy atom. The van der Waals surface area contributed by atoms with Gasteiger partial charge in [0.25, 0.3) is 0 Å². The lowest BCUT2D eigenvalue weighted by molar-refractivity contribution is -0.123. The SMILES string of the molecule is O=C(NCC(F)(F)F)N1CCCC1c1nnc2ccccn12. The van der Waals surface area contributed by atoms with Crippen LogP contribution in [0.25, 0.3) is 5.65 Å². The Morgan fingerprint density at radius 1 is 1.36 bits per heavy atom. The van der Waals surface area contributed by atoms with Crippen molar-refractivity contribution in [1.29, 1.82) is 0 Å². The van der Waals surface area contributed by atoms with E-state index in [1.807, 2.05) is 17.4 Å². The van der Waals surface area contributed by atoms with Gasteiger partial charge in [-0.2, -0.15) is 13.2 Å². The number of amides is 2. The number of pyridine rings is 1. The van der Waals surface area contributed by atoms with Crippen molar-refractivity contribution in [2.24, 2.45) is 0 Å². The molecule has 0 saturated carbocycles. The van der Waals surface area contributed by atoms with Crippen LogP contribution in [-0.2, 0) is 0 Å². The molecule has 2 aromatic heterocycles. The second kappa shape index (κ2) is 5.47. The van der Waals surface area contributed by atoms with E-state index in [1.165, 1.54) is 4.90 Å². The van der Waals surface area contributed by atoms with Crippen LogP contribution in [0.1, 0.15) is 24.7 Å². The lowest BCUT2D eigenvalue weighted by atomic mass is 10.2. The molecule has 0 spiro atoms. The molecular weight excluding hydrogens is 299 g/mol. The van der Waals surface area contributed by atoms with E-state index in [2.05, 4.69) is 10.2 Å². The van der Waals surface area contributed by atoms with Crippen molar-refractivity contribution in [3.63, 3.8) is 0 Å². The van der Waals surface area contributed by atoms with Gasteiger partial charge in [-0.3, -0.25) is 4.40 Å². The second-order valence-electron chi connectivity index (χ2n) is 5.11.